The van der Waals surface area contributed by atoms with E-state index in [2.05, 4.69) is 194 Å². The van der Waals surface area contributed by atoms with E-state index >= 15 is 0 Å². The van der Waals surface area contributed by atoms with Crippen LogP contribution in [-0.4, -0.2) is 19.6 Å². The smallest absolute Gasteiger partial charge is 0.149 e. The van der Waals surface area contributed by atoms with Gasteiger partial charge in [-0.25, -0.2) is 4.98 Å². The van der Waals surface area contributed by atoms with Crippen molar-refractivity contribution in [3.05, 3.63) is 168 Å². The Morgan fingerprint density at radius 2 is 1.13 bits per heavy atom. The van der Waals surface area contributed by atoms with Gasteiger partial charge in [0.15, 0.2) is 0 Å². The molecule has 0 saturated heterocycles. The van der Waals surface area contributed by atoms with Crippen molar-refractivity contribution < 1.29 is 5.11 Å². The summed E-state index contributed by atoms with van der Waals surface area (Å²) >= 11 is 0. The van der Waals surface area contributed by atoms with Gasteiger partial charge >= 0.3 is 0 Å². The second kappa shape index (κ2) is 15.1. The van der Waals surface area contributed by atoms with E-state index in [4.69, 9.17) is 9.97 Å². The topological polar surface area (TPSA) is 74.7 Å². The lowest BCUT2D eigenvalue weighted by molar-refractivity contribution is 0.446. The van der Waals surface area contributed by atoms with Gasteiger partial charge in [0.1, 0.15) is 11.6 Å². The third kappa shape index (κ3) is 7.51. The van der Waals surface area contributed by atoms with Gasteiger partial charge in [-0.3, -0.25) is 9.55 Å². The summed E-state index contributed by atoms with van der Waals surface area (Å²) in [5.41, 5.74) is 13.9. The summed E-state index contributed by atoms with van der Waals surface area (Å²) in [6.07, 6.45) is 1.85. The SMILES string of the molecule is CC(C)(C)c1cc(-c2nc3c(-c4cc(-c5ccccc5)cc(-c5cc(C#N)c(C(C)(C)C)cn5)c4)cccc3n2-c2ccccc2-c2ccccc2)c(O)c(C(C)(C)C)c1. The Hall–Kier alpha value is -6.77. The number of phenols is 1. The number of para-hydroxylation sites is 2. The van der Waals surface area contributed by atoms with Crippen LogP contribution in [0.2, 0.25) is 0 Å². The van der Waals surface area contributed by atoms with E-state index in [9.17, 15) is 10.4 Å². The largest absolute Gasteiger partial charge is 0.507 e. The van der Waals surface area contributed by atoms with Crippen molar-refractivity contribution in [2.75, 3.05) is 0 Å². The Morgan fingerprint density at radius 1 is 0.533 bits per heavy atom. The highest BCUT2D eigenvalue weighted by atomic mass is 16.3. The normalized spacial score (nSPS) is 12.1. The maximum Gasteiger partial charge on any atom is 0.149 e. The van der Waals surface area contributed by atoms with Gasteiger partial charge in [-0.15, -0.1) is 0 Å². The molecule has 0 atom stereocenters. The van der Waals surface area contributed by atoms with Crippen LogP contribution < -0.4 is 0 Å². The van der Waals surface area contributed by atoms with Gasteiger partial charge in [0, 0.05) is 28.5 Å². The van der Waals surface area contributed by atoms with Crippen LogP contribution in [0.5, 0.6) is 5.75 Å². The number of aromatic hydroxyl groups is 1. The van der Waals surface area contributed by atoms with Crippen LogP contribution in [0.15, 0.2) is 146 Å². The quantitative estimate of drug-likeness (QED) is 0.182. The Morgan fingerprint density at radius 3 is 1.78 bits per heavy atom. The minimum atomic E-state index is -0.331. The molecule has 0 bridgehead atoms. The molecule has 298 valence electrons. The Labute approximate surface area is 354 Å². The van der Waals surface area contributed by atoms with Crippen LogP contribution >= 0.6 is 0 Å². The summed E-state index contributed by atoms with van der Waals surface area (Å²) in [4.78, 5) is 10.6. The highest BCUT2D eigenvalue weighted by Crippen LogP contribution is 2.46. The fraction of sp³-hybridized carbons (Fsp3) is 0.218. The van der Waals surface area contributed by atoms with Crippen LogP contribution in [0.25, 0.3) is 72.7 Å². The maximum atomic E-state index is 12.4. The number of hydrogen-bond donors (Lipinski definition) is 1. The molecule has 2 heterocycles. The lowest BCUT2D eigenvalue weighted by atomic mass is 9.79. The molecule has 8 aromatic rings. The monoisotopic (exact) mass is 784 g/mol. The number of imidazole rings is 1. The van der Waals surface area contributed by atoms with Gasteiger partial charge in [0.2, 0.25) is 0 Å². The van der Waals surface area contributed by atoms with Crippen molar-refractivity contribution in [2.45, 2.75) is 78.6 Å². The number of rotatable bonds is 6. The Bertz CT molecular complexity index is 2930. The number of fused-ring (bicyclic) bond motifs is 1. The van der Waals surface area contributed by atoms with Gasteiger partial charge in [-0.2, -0.15) is 5.26 Å². The third-order valence-corrected chi connectivity index (χ3v) is 11.4. The second-order valence-electron chi connectivity index (χ2n) is 18.9. The highest BCUT2D eigenvalue weighted by Gasteiger charge is 2.29. The molecule has 8 rings (SSSR count). The molecule has 0 saturated carbocycles. The zero-order valence-corrected chi connectivity index (χ0v) is 36.1. The number of nitrogens with zero attached hydrogens (tertiary/aromatic N) is 4. The summed E-state index contributed by atoms with van der Waals surface area (Å²) in [6.45, 7) is 19.4. The summed E-state index contributed by atoms with van der Waals surface area (Å²) in [5, 5.41) is 22.7. The molecule has 5 nitrogen and oxygen atoms in total. The average Bonchev–Trinajstić information content (AvgIpc) is 3.62. The Balaban J connectivity index is 1.46. The summed E-state index contributed by atoms with van der Waals surface area (Å²) in [6, 6.07) is 50.7. The molecule has 5 heteroatoms. The predicted octanol–water partition coefficient (Wildman–Crippen LogP) is 14.2. The first-order valence-electron chi connectivity index (χ1n) is 20.7. The zero-order chi connectivity index (χ0) is 42.6. The number of pyridine rings is 1. The van der Waals surface area contributed by atoms with Crippen molar-refractivity contribution in [3.8, 4) is 73.5 Å². The summed E-state index contributed by atoms with van der Waals surface area (Å²) < 4.78 is 2.23. The van der Waals surface area contributed by atoms with Crippen LogP contribution in [0.3, 0.4) is 0 Å². The van der Waals surface area contributed by atoms with Gasteiger partial charge in [-0.05, 0) is 92.1 Å². The molecular weight excluding hydrogens is 733 g/mol. The predicted molar refractivity (Wildman–Crippen MR) is 249 cm³/mol. The number of phenolic OH excluding ortho intramolecular Hbond substituents is 1. The van der Waals surface area contributed by atoms with E-state index in [1.165, 1.54) is 0 Å². The van der Waals surface area contributed by atoms with E-state index in [-0.39, 0.29) is 22.0 Å². The van der Waals surface area contributed by atoms with Gasteiger partial charge in [0.25, 0.3) is 0 Å². The van der Waals surface area contributed by atoms with E-state index in [1.807, 2.05) is 24.4 Å². The van der Waals surface area contributed by atoms with E-state index in [0.29, 0.717) is 17.0 Å². The number of hydrogen-bond acceptors (Lipinski definition) is 4. The number of nitriles is 1. The first kappa shape index (κ1) is 40.0. The maximum absolute atomic E-state index is 12.4. The van der Waals surface area contributed by atoms with Crippen LogP contribution in [-0.2, 0) is 16.2 Å². The minimum Gasteiger partial charge on any atom is -0.507 e. The van der Waals surface area contributed by atoms with E-state index in [0.717, 1.165) is 78.0 Å². The van der Waals surface area contributed by atoms with Crippen molar-refractivity contribution in [3.63, 3.8) is 0 Å². The molecular formula is C55H52N4O. The average molecular weight is 785 g/mol. The molecule has 0 spiro atoms. The lowest BCUT2D eigenvalue weighted by Crippen LogP contribution is -2.17. The fourth-order valence-corrected chi connectivity index (χ4v) is 8.13. The number of benzene rings is 6. The zero-order valence-electron chi connectivity index (χ0n) is 36.1. The molecule has 0 amide bonds. The Kier molecular flexibility index (Phi) is 10.1. The van der Waals surface area contributed by atoms with Gasteiger partial charge in [-0.1, -0.05) is 159 Å². The van der Waals surface area contributed by atoms with E-state index < -0.39 is 0 Å². The molecule has 0 aliphatic rings. The van der Waals surface area contributed by atoms with Gasteiger partial charge < -0.3 is 5.11 Å². The molecule has 0 radical (unpaired) electrons. The first-order valence-corrected chi connectivity index (χ1v) is 20.7. The highest BCUT2D eigenvalue weighted by molar-refractivity contribution is 5.98. The molecule has 60 heavy (non-hydrogen) atoms. The van der Waals surface area contributed by atoms with Crippen molar-refractivity contribution in [1.29, 1.82) is 5.26 Å². The first-order chi connectivity index (χ1) is 28.5. The molecule has 6 aromatic carbocycles. The van der Waals surface area contributed by atoms with E-state index in [1.54, 1.807) is 0 Å². The molecule has 1 N–H and O–H groups in total. The molecule has 2 aromatic heterocycles. The lowest BCUT2D eigenvalue weighted by Gasteiger charge is -2.27. The van der Waals surface area contributed by atoms with Crippen LogP contribution in [0.4, 0.5) is 0 Å². The summed E-state index contributed by atoms with van der Waals surface area (Å²) in [5.74, 6) is 0.893. The molecule has 0 unspecified atom stereocenters. The summed E-state index contributed by atoms with van der Waals surface area (Å²) in [7, 11) is 0. The molecule has 0 fully saturated rings. The van der Waals surface area contributed by atoms with Gasteiger partial charge in [0.05, 0.1) is 39.6 Å². The minimum absolute atomic E-state index is 0.189. The third-order valence-electron chi connectivity index (χ3n) is 11.4. The molecule has 0 aliphatic heterocycles. The fourth-order valence-electron chi connectivity index (χ4n) is 8.13. The van der Waals surface area contributed by atoms with Crippen molar-refractivity contribution >= 4 is 11.0 Å². The standard InChI is InChI=1S/C55H52N4O/c1-53(2,3)41-31-44(51(60)45(32-41)54(4,5)6)52-58-50-43(24-18-26-49(50)59(52)48-25-17-16-23-42(48)36-21-14-11-15-22-36)38-27-37(35-19-12-10-13-20-35)28-39(29-38)47-30-40(33-56)46(34-57-47)55(7,8)9/h10-32,34,60H,1-9H3. The van der Waals surface area contributed by atoms with Crippen LogP contribution in [0.1, 0.15) is 84.6 Å². The van der Waals surface area contributed by atoms with Crippen molar-refractivity contribution in [2.24, 2.45) is 0 Å². The molecule has 0 aliphatic carbocycles. The van der Waals surface area contributed by atoms with Crippen LogP contribution in [0, 0.1) is 11.3 Å². The van der Waals surface area contributed by atoms with Crippen molar-refractivity contribution in [1.82, 2.24) is 14.5 Å². The number of aromatic nitrogens is 3. The second-order valence-corrected chi connectivity index (χ2v) is 18.9.